The molecule has 0 spiro atoms. The average Bonchev–Trinajstić information content (AvgIpc) is 2.46. The van der Waals surface area contributed by atoms with Crippen molar-refractivity contribution in [3.05, 3.63) is 45.6 Å². The number of nitrogens with zero attached hydrogens (tertiary/aromatic N) is 3. The third kappa shape index (κ3) is 3.68. The molecule has 2 aromatic rings. The van der Waals surface area contributed by atoms with Crippen molar-refractivity contribution in [3.63, 3.8) is 0 Å². The molecule has 0 saturated heterocycles. The molecular formula is C16H19Cl2N5. The standard InChI is InChI=1S/C16H19Cl2N5/c1-23(8-9-2-3-11(17)6-13(9)18)15-7-14(21-16(20)22-15)10-4-12(19)5-10/h2-3,6-7,10,12H,4-5,8,19H2,1H3,(H2,20,21,22). The Kier molecular flexibility index (Phi) is 4.62. The predicted octanol–water partition coefficient (Wildman–Crippen LogP) is 3.21. The fourth-order valence-electron chi connectivity index (χ4n) is 2.77. The summed E-state index contributed by atoms with van der Waals surface area (Å²) in [7, 11) is 1.95. The van der Waals surface area contributed by atoms with E-state index in [-0.39, 0.29) is 12.0 Å². The summed E-state index contributed by atoms with van der Waals surface area (Å²) in [6, 6.07) is 7.73. The zero-order chi connectivity index (χ0) is 16.6. The average molecular weight is 352 g/mol. The second-order valence-electron chi connectivity index (χ2n) is 6.03. The van der Waals surface area contributed by atoms with E-state index in [0.717, 1.165) is 29.9 Å². The Morgan fingerprint density at radius 1 is 1.22 bits per heavy atom. The van der Waals surface area contributed by atoms with Crippen molar-refractivity contribution < 1.29 is 0 Å². The first kappa shape index (κ1) is 16.3. The first-order valence-corrected chi connectivity index (χ1v) is 8.23. The molecule has 1 aliphatic rings. The summed E-state index contributed by atoms with van der Waals surface area (Å²) < 4.78 is 0. The van der Waals surface area contributed by atoms with Crippen molar-refractivity contribution in [3.8, 4) is 0 Å². The molecule has 0 amide bonds. The first-order chi connectivity index (χ1) is 10.9. The van der Waals surface area contributed by atoms with Crippen molar-refractivity contribution in [2.45, 2.75) is 31.3 Å². The summed E-state index contributed by atoms with van der Waals surface area (Å²) in [4.78, 5) is 10.7. The molecule has 1 aromatic carbocycles. The van der Waals surface area contributed by atoms with Crippen LogP contribution in [0.5, 0.6) is 0 Å². The van der Waals surface area contributed by atoms with Crippen molar-refractivity contribution >= 4 is 35.0 Å². The zero-order valence-electron chi connectivity index (χ0n) is 12.8. The fourth-order valence-corrected chi connectivity index (χ4v) is 3.23. The molecule has 0 radical (unpaired) electrons. The number of anilines is 2. The topological polar surface area (TPSA) is 81.1 Å². The van der Waals surface area contributed by atoms with Crippen LogP contribution in [0.2, 0.25) is 10.0 Å². The van der Waals surface area contributed by atoms with Crippen LogP contribution in [0.4, 0.5) is 11.8 Å². The third-order valence-electron chi connectivity index (χ3n) is 4.16. The fraction of sp³-hybridized carbons (Fsp3) is 0.375. The number of halogens is 2. The van der Waals surface area contributed by atoms with Crippen LogP contribution >= 0.6 is 23.2 Å². The molecule has 3 rings (SSSR count). The summed E-state index contributed by atoms with van der Waals surface area (Å²) >= 11 is 12.2. The minimum atomic E-state index is 0.269. The monoisotopic (exact) mass is 351 g/mol. The Labute approximate surface area is 145 Å². The molecule has 5 nitrogen and oxygen atoms in total. The van der Waals surface area contributed by atoms with Gasteiger partial charge in [-0.2, -0.15) is 4.98 Å². The lowest BCUT2D eigenvalue weighted by Crippen LogP contribution is -2.35. The molecule has 4 N–H and O–H groups in total. The van der Waals surface area contributed by atoms with Gasteiger partial charge in [0.25, 0.3) is 0 Å². The highest BCUT2D eigenvalue weighted by molar-refractivity contribution is 6.35. The summed E-state index contributed by atoms with van der Waals surface area (Å²) in [5.41, 5.74) is 13.7. The van der Waals surface area contributed by atoms with Gasteiger partial charge in [0.2, 0.25) is 5.95 Å². The predicted molar refractivity (Wildman–Crippen MR) is 95.0 cm³/mol. The van der Waals surface area contributed by atoms with Gasteiger partial charge in [0.15, 0.2) is 0 Å². The molecule has 23 heavy (non-hydrogen) atoms. The van der Waals surface area contributed by atoms with Crippen molar-refractivity contribution in [1.82, 2.24) is 9.97 Å². The molecule has 0 unspecified atom stereocenters. The maximum absolute atomic E-state index is 6.24. The van der Waals surface area contributed by atoms with Gasteiger partial charge in [-0.1, -0.05) is 29.3 Å². The van der Waals surface area contributed by atoms with Crippen LogP contribution in [0.3, 0.4) is 0 Å². The van der Waals surface area contributed by atoms with E-state index in [9.17, 15) is 0 Å². The summed E-state index contributed by atoms with van der Waals surface area (Å²) in [5, 5.41) is 1.26. The number of nitrogens with two attached hydrogens (primary N) is 2. The molecule has 7 heteroatoms. The lowest BCUT2D eigenvalue weighted by Gasteiger charge is -2.32. The van der Waals surface area contributed by atoms with Crippen LogP contribution in [0.25, 0.3) is 0 Å². The number of nitrogen functional groups attached to an aromatic ring is 1. The van der Waals surface area contributed by atoms with E-state index in [1.165, 1.54) is 0 Å². The van der Waals surface area contributed by atoms with Gasteiger partial charge in [-0.25, -0.2) is 4.98 Å². The summed E-state index contributed by atoms with van der Waals surface area (Å²) in [6.45, 7) is 0.607. The van der Waals surface area contributed by atoms with Gasteiger partial charge in [-0.15, -0.1) is 0 Å². The minimum Gasteiger partial charge on any atom is -0.368 e. The lowest BCUT2D eigenvalue weighted by atomic mass is 9.78. The molecule has 0 atom stereocenters. The number of hydrogen-bond donors (Lipinski definition) is 2. The molecule has 1 fully saturated rings. The third-order valence-corrected chi connectivity index (χ3v) is 4.74. The van der Waals surface area contributed by atoms with Gasteiger partial charge in [-0.3, -0.25) is 0 Å². The van der Waals surface area contributed by atoms with E-state index >= 15 is 0 Å². The molecule has 1 heterocycles. The normalized spacial score (nSPS) is 20.2. The van der Waals surface area contributed by atoms with E-state index in [1.807, 2.05) is 30.1 Å². The van der Waals surface area contributed by atoms with Crippen LogP contribution < -0.4 is 16.4 Å². The van der Waals surface area contributed by atoms with Crippen LogP contribution in [0.1, 0.15) is 30.0 Å². The second-order valence-corrected chi connectivity index (χ2v) is 6.87. The van der Waals surface area contributed by atoms with Gasteiger partial charge in [-0.05, 0) is 30.5 Å². The van der Waals surface area contributed by atoms with Gasteiger partial charge in [0.05, 0.1) is 5.69 Å². The van der Waals surface area contributed by atoms with Crippen molar-refractivity contribution in [2.75, 3.05) is 17.7 Å². The minimum absolute atomic E-state index is 0.269. The molecular weight excluding hydrogens is 333 g/mol. The zero-order valence-corrected chi connectivity index (χ0v) is 14.3. The van der Waals surface area contributed by atoms with Crippen LogP contribution in [0, 0.1) is 0 Å². The largest absolute Gasteiger partial charge is 0.368 e. The maximum atomic E-state index is 6.24. The van der Waals surface area contributed by atoms with Crippen LogP contribution in [0.15, 0.2) is 24.3 Å². The van der Waals surface area contributed by atoms with Gasteiger partial charge in [0.1, 0.15) is 5.82 Å². The Morgan fingerprint density at radius 3 is 2.61 bits per heavy atom. The molecule has 1 aromatic heterocycles. The molecule has 1 aliphatic carbocycles. The SMILES string of the molecule is CN(Cc1ccc(Cl)cc1Cl)c1cc(C2CC(N)C2)nc(N)n1. The smallest absolute Gasteiger partial charge is 0.222 e. The van der Waals surface area contributed by atoms with E-state index < -0.39 is 0 Å². The highest BCUT2D eigenvalue weighted by atomic mass is 35.5. The van der Waals surface area contributed by atoms with E-state index in [0.29, 0.717) is 22.5 Å². The van der Waals surface area contributed by atoms with Crippen LogP contribution in [-0.4, -0.2) is 23.1 Å². The molecule has 0 aliphatic heterocycles. The molecule has 0 bridgehead atoms. The van der Waals surface area contributed by atoms with Crippen LogP contribution in [-0.2, 0) is 6.54 Å². The van der Waals surface area contributed by atoms with E-state index in [2.05, 4.69) is 9.97 Å². The Morgan fingerprint density at radius 2 is 1.96 bits per heavy atom. The molecule has 122 valence electrons. The first-order valence-electron chi connectivity index (χ1n) is 7.47. The van der Waals surface area contributed by atoms with E-state index in [1.54, 1.807) is 6.07 Å². The Balaban J connectivity index is 1.80. The number of benzene rings is 1. The highest BCUT2D eigenvalue weighted by Gasteiger charge is 2.29. The van der Waals surface area contributed by atoms with Crippen molar-refractivity contribution in [2.24, 2.45) is 5.73 Å². The summed E-state index contributed by atoms with van der Waals surface area (Å²) in [6.07, 6.45) is 1.89. The van der Waals surface area contributed by atoms with Crippen molar-refractivity contribution in [1.29, 1.82) is 0 Å². The van der Waals surface area contributed by atoms with Gasteiger partial charge < -0.3 is 16.4 Å². The Bertz CT molecular complexity index is 716. The summed E-state index contributed by atoms with van der Waals surface area (Å²) in [5.74, 6) is 1.44. The second kappa shape index (κ2) is 6.51. The maximum Gasteiger partial charge on any atom is 0.222 e. The lowest BCUT2D eigenvalue weighted by molar-refractivity contribution is 0.345. The van der Waals surface area contributed by atoms with Gasteiger partial charge in [0, 0.05) is 41.7 Å². The quantitative estimate of drug-likeness (QED) is 0.883. The van der Waals surface area contributed by atoms with E-state index in [4.69, 9.17) is 34.7 Å². The number of rotatable bonds is 4. The number of aromatic nitrogens is 2. The molecule has 1 saturated carbocycles. The highest BCUT2D eigenvalue weighted by Crippen LogP contribution is 2.36. The Hall–Kier alpha value is -1.56. The van der Waals surface area contributed by atoms with Gasteiger partial charge >= 0.3 is 0 Å². The number of hydrogen-bond acceptors (Lipinski definition) is 5.